The maximum absolute atomic E-state index is 12.2. The fourth-order valence-corrected chi connectivity index (χ4v) is 2.53. The Morgan fingerprint density at radius 2 is 2.04 bits per heavy atom. The van der Waals surface area contributed by atoms with E-state index in [2.05, 4.69) is 10.5 Å². The van der Waals surface area contributed by atoms with Crippen LogP contribution in [0.5, 0.6) is 0 Å². The molecule has 0 fully saturated rings. The van der Waals surface area contributed by atoms with Crippen LogP contribution in [0.15, 0.2) is 22.7 Å². The molecular formula is C18H21ClN2O4. The Hall–Kier alpha value is -2.34. The van der Waals surface area contributed by atoms with Gasteiger partial charge in [-0.1, -0.05) is 22.8 Å². The highest BCUT2D eigenvalue weighted by atomic mass is 35.5. The Balaban J connectivity index is 1.88. The maximum atomic E-state index is 12.2. The monoisotopic (exact) mass is 364 g/mol. The number of halogens is 1. The number of ether oxygens (including phenoxy) is 1. The summed E-state index contributed by atoms with van der Waals surface area (Å²) < 4.78 is 10.3. The molecule has 1 aromatic carbocycles. The van der Waals surface area contributed by atoms with Gasteiger partial charge in [-0.3, -0.25) is 9.59 Å². The van der Waals surface area contributed by atoms with Gasteiger partial charge in [-0.05, 0) is 51.8 Å². The van der Waals surface area contributed by atoms with Crippen LogP contribution in [0.4, 0.5) is 5.69 Å². The molecule has 7 heteroatoms. The molecule has 25 heavy (non-hydrogen) atoms. The third-order valence-electron chi connectivity index (χ3n) is 3.90. The average molecular weight is 365 g/mol. The first-order valence-electron chi connectivity index (χ1n) is 7.96. The van der Waals surface area contributed by atoms with Gasteiger partial charge in [0.05, 0.1) is 5.69 Å². The van der Waals surface area contributed by atoms with Crippen molar-refractivity contribution in [3.8, 4) is 0 Å². The molecule has 1 amide bonds. The van der Waals surface area contributed by atoms with E-state index in [9.17, 15) is 9.59 Å². The molecule has 0 bridgehead atoms. The Bertz CT molecular complexity index is 766. The van der Waals surface area contributed by atoms with Crippen LogP contribution in [-0.2, 0) is 20.7 Å². The zero-order chi connectivity index (χ0) is 18.6. The lowest BCUT2D eigenvalue weighted by molar-refractivity contribution is -0.153. The third kappa shape index (κ3) is 5.06. The smallest absolute Gasteiger partial charge is 0.306 e. The fourth-order valence-electron chi connectivity index (χ4n) is 2.36. The first-order chi connectivity index (χ1) is 11.8. The number of benzene rings is 1. The Morgan fingerprint density at radius 3 is 2.68 bits per heavy atom. The predicted molar refractivity (Wildman–Crippen MR) is 94.7 cm³/mol. The lowest BCUT2D eigenvalue weighted by atomic mass is 10.1. The van der Waals surface area contributed by atoms with Crippen LogP contribution in [0.25, 0.3) is 0 Å². The van der Waals surface area contributed by atoms with E-state index in [0.717, 1.165) is 16.8 Å². The van der Waals surface area contributed by atoms with Gasteiger partial charge in [0.2, 0.25) is 0 Å². The summed E-state index contributed by atoms with van der Waals surface area (Å²) in [6.45, 7) is 7.00. The van der Waals surface area contributed by atoms with E-state index < -0.39 is 18.0 Å². The van der Waals surface area contributed by atoms with Crippen LogP contribution in [0.2, 0.25) is 5.02 Å². The molecule has 6 nitrogen and oxygen atoms in total. The summed E-state index contributed by atoms with van der Waals surface area (Å²) in [5, 5.41) is 7.08. The molecule has 1 N–H and O–H groups in total. The van der Waals surface area contributed by atoms with Gasteiger partial charge in [-0.2, -0.15) is 0 Å². The van der Waals surface area contributed by atoms with E-state index in [1.165, 1.54) is 6.92 Å². The van der Waals surface area contributed by atoms with Crippen molar-refractivity contribution < 1.29 is 18.8 Å². The van der Waals surface area contributed by atoms with Gasteiger partial charge >= 0.3 is 5.97 Å². The lowest BCUT2D eigenvalue weighted by Crippen LogP contribution is -2.30. The van der Waals surface area contributed by atoms with Crippen molar-refractivity contribution in [2.45, 2.75) is 46.6 Å². The second kappa shape index (κ2) is 8.16. The SMILES string of the molecule is Cc1ccc(Cl)cc1NC(=O)[C@H](C)OC(=O)CCc1c(C)noc1C. The quantitative estimate of drug-likeness (QED) is 0.789. The van der Waals surface area contributed by atoms with Gasteiger partial charge in [0.25, 0.3) is 5.91 Å². The number of hydrogen-bond donors (Lipinski definition) is 1. The molecule has 0 aliphatic heterocycles. The number of rotatable bonds is 6. The number of anilines is 1. The van der Waals surface area contributed by atoms with Gasteiger partial charge < -0.3 is 14.6 Å². The minimum atomic E-state index is -0.907. The lowest BCUT2D eigenvalue weighted by Gasteiger charge is -2.15. The molecule has 1 heterocycles. The Labute approximate surface area is 151 Å². The highest BCUT2D eigenvalue weighted by Crippen LogP contribution is 2.20. The highest BCUT2D eigenvalue weighted by molar-refractivity contribution is 6.31. The molecule has 2 aromatic rings. The van der Waals surface area contributed by atoms with Gasteiger partial charge in [-0.15, -0.1) is 0 Å². The molecule has 0 radical (unpaired) electrons. The van der Waals surface area contributed by atoms with Crippen LogP contribution < -0.4 is 5.32 Å². The van der Waals surface area contributed by atoms with Crippen molar-refractivity contribution >= 4 is 29.2 Å². The standard InChI is InChI=1S/C18H21ClN2O4/c1-10-5-6-14(19)9-16(10)20-18(23)13(4)24-17(22)8-7-15-11(2)21-25-12(15)3/h5-6,9,13H,7-8H2,1-4H3,(H,20,23)/t13-/m0/s1. The first-order valence-corrected chi connectivity index (χ1v) is 8.34. The van der Waals surface area contributed by atoms with E-state index in [4.69, 9.17) is 20.9 Å². The van der Waals surface area contributed by atoms with E-state index in [-0.39, 0.29) is 6.42 Å². The number of nitrogens with one attached hydrogen (secondary N) is 1. The van der Waals surface area contributed by atoms with Crippen molar-refractivity contribution in [1.82, 2.24) is 5.16 Å². The van der Waals surface area contributed by atoms with Gasteiger partial charge in [0.1, 0.15) is 5.76 Å². The van der Waals surface area contributed by atoms with Crippen LogP contribution >= 0.6 is 11.6 Å². The fraction of sp³-hybridized carbons (Fsp3) is 0.389. The number of aromatic nitrogens is 1. The summed E-state index contributed by atoms with van der Waals surface area (Å²) in [7, 11) is 0. The van der Waals surface area contributed by atoms with Crippen LogP contribution in [-0.4, -0.2) is 23.1 Å². The first kappa shape index (κ1) is 19.0. The zero-order valence-corrected chi connectivity index (χ0v) is 15.4. The average Bonchev–Trinajstić information content (AvgIpc) is 2.87. The van der Waals surface area contributed by atoms with Crippen molar-refractivity contribution in [2.75, 3.05) is 5.32 Å². The second-order valence-corrected chi connectivity index (χ2v) is 6.32. The van der Waals surface area contributed by atoms with Crippen LogP contribution in [0.1, 0.15) is 35.9 Å². The summed E-state index contributed by atoms with van der Waals surface area (Å²) in [4.78, 5) is 24.2. The molecule has 0 saturated carbocycles. The van der Waals surface area contributed by atoms with Gasteiger partial charge in [0, 0.05) is 22.7 Å². The molecule has 0 unspecified atom stereocenters. The minimum Gasteiger partial charge on any atom is -0.453 e. The third-order valence-corrected chi connectivity index (χ3v) is 4.13. The molecule has 2 rings (SSSR count). The molecule has 1 atom stereocenters. The number of aryl methyl sites for hydroxylation is 3. The van der Waals surface area contributed by atoms with Gasteiger partial charge in [0.15, 0.2) is 6.10 Å². The van der Waals surface area contributed by atoms with E-state index in [1.54, 1.807) is 25.1 Å². The number of carbonyl (C=O) groups excluding carboxylic acids is 2. The zero-order valence-electron chi connectivity index (χ0n) is 14.7. The number of amides is 1. The van der Waals surface area contributed by atoms with Crippen LogP contribution in [0, 0.1) is 20.8 Å². The number of hydrogen-bond acceptors (Lipinski definition) is 5. The van der Waals surface area contributed by atoms with E-state index in [0.29, 0.717) is 22.9 Å². The molecule has 1 aromatic heterocycles. The normalized spacial score (nSPS) is 11.9. The summed E-state index contributed by atoms with van der Waals surface area (Å²) in [6.07, 6.45) is -0.297. The Kier molecular flexibility index (Phi) is 6.20. The number of esters is 1. The van der Waals surface area contributed by atoms with Crippen molar-refractivity contribution in [3.05, 3.63) is 45.8 Å². The van der Waals surface area contributed by atoms with Crippen molar-refractivity contribution in [2.24, 2.45) is 0 Å². The second-order valence-electron chi connectivity index (χ2n) is 5.88. The van der Waals surface area contributed by atoms with Crippen molar-refractivity contribution in [3.63, 3.8) is 0 Å². The molecular weight excluding hydrogens is 344 g/mol. The summed E-state index contributed by atoms with van der Waals surface area (Å²) in [6, 6.07) is 5.20. The summed E-state index contributed by atoms with van der Waals surface area (Å²) >= 11 is 5.93. The maximum Gasteiger partial charge on any atom is 0.306 e. The number of carbonyl (C=O) groups is 2. The Morgan fingerprint density at radius 1 is 1.32 bits per heavy atom. The van der Waals surface area contributed by atoms with Crippen molar-refractivity contribution in [1.29, 1.82) is 0 Å². The van der Waals surface area contributed by atoms with Crippen LogP contribution in [0.3, 0.4) is 0 Å². The molecule has 0 aliphatic carbocycles. The highest BCUT2D eigenvalue weighted by Gasteiger charge is 2.19. The molecule has 0 spiro atoms. The number of nitrogens with zero attached hydrogens (tertiary/aromatic N) is 1. The molecule has 134 valence electrons. The summed E-state index contributed by atoms with van der Waals surface area (Å²) in [5.74, 6) is -0.172. The van der Waals surface area contributed by atoms with Gasteiger partial charge in [-0.25, -0.2) is 0 Å². The summed E-state index contributed by atoms with van der Waals surface area (Å²) in [5.41, 5.74) is 3.11. The minimum absolute atomic E-state index is 0.150. The topological polar surface area (TPSA) is 81.4 Å². The predicted octanol–water partition coefficient (Wildman–Crippen LogP) is 3.76. The van der Waals surface area contributed by atoms with E-state index in [1.807, 2.05) is 13.8 Å². The largest absolute Gasteiger partial charge is 0.453 e. The molecule has 0 aliphatic rings. The molecule has 0 saturated heterocycles. The van der Waals surface area contributed by atoms with E-state index >= 15 is 0 Å².